The molecule has 1 amide bonds. The number of benzene rings is 2. The molecule has 8 heteroatoms. The van der Waals surface area contributed by atoms with E-state index in [1.54, 1.807) is 30.3 Å². The quantitative estimate of drug-likeness (QED) is 0.377. The SMILES string of the molecule is CCn1ncc(CN(C)C(=O)c2nc(-c3ccccc3Cl)nc3cc(C)c(Cl)cc23)c1C. The summed E-state index contributed by atoms with van der Waals surface area (Å²) in [6, 6.07) is 10.9. The molecule has 0 saturated heterocycles. The first-order valence-electron chi connectivity index (χ1n) is 10.3. The maximum atomic E-state index is 13.5. The van der Waals surface area contributed by atoms with Crippen molar-refractivity contribution < 1.29 is 4.79 Å². The van der Waals surface area contributed by atoms with Crippen LogP contribution in [0.15, 0.2) is 42.6 Å². The number of nitrogens with zero attached hydrogens (tertiary/aromatic N) is 5. The van der Waals surface area contributed by atoms with Crippen molar-refractivity contribution in [2.24, 2.45) is 0 Å². The van der Waals surface area contributed by atoms with Crippen LogP contribution in [0.5, 0.6) is 0 Å². The van der Waals surface area contributed by atoms with Crippen molar-refractivity contribution in [1.82, 2.24) is 24.6 Å². The highest BCUT2D eigenvalue weighted by molar-refractivity contribution is 6.33. The fourth-order valence-electron chi connectivity index (χ4n) is 3.65. The summed E-state index contributed by atoms with van der Waals surface area (Å²) >= 11 is 12.8. The van der Waals surface area contributed by atoms with E-state index in [1.165, 1.54) is 0 Å². The van der Waals surface area contributed by atoms with Gasteiger partial charge in [-0.05, 0) is 50.6 Å². The average Bonchev–Trinajstić information content (AvgIpc) is 3.13. The lowest BCUT2D eigenvalue weighted by Crippen LogP contribution is -2.28. The smallest absolute Gasteiger partial charge is 0.273 e. The fraction of sp³-hybridized carbons (Fsp3) is 0.250. The molecule has 0 atom stereocenters. The monoisotopic (exact) mass is 467 g/mol. The van der Waals surface area contributed by atoms with E-state index in [0.29, 0.717) is 38.9 Å². The van der Waals surface area contributed by atoms with Gasteiger partial charge in [0.25, 0.3) is 5.91 Å². The summed E-state index contributed by atoms with van der Waals surface area (Å²) < 4.78 is 1.91. The molecule has 0 radical (unpaired) electrons. The Morgan fingerprint density at radius 3 is 2.53 bits per heavy atom. The van der Waals surface area contributed by atoms with Crippen LogP contribution >= 0.6 is 23.2 Å². The number of hydrogen-bond acceptors (Lipinski definition) is 4. The molecule has 0 unspecified atom stereocenters. The zero-order valence-corrected chi connectivity index (χ0v) is 19.9. The van der Waals surface area contributed by atoms with Crippen molar-refractivity contribution >= 4 is 40.0 Å². The van der Waals surface area contributed by atoms with Gasteiger partial charge in [-0.15, -0.1) is 0 Å². The molecule has 0 aliphatic rings. The molecule has 4 aromatic rings. The third-order valence-electron chi connectivity index (χ3n) is 5.55. The zero-order chi connectivity index (χ0) is 23.0. The summed E-state index contributed by atoms with van der Waals surface area (Å²) in [5.41, 5.74) is 4.49. The average molecular weight is 468 g/mol. The lowest BCUT2D eigenvalue weighted by Gasteiger charge is -2.18. The van der Waals surface area contributed by atoms with Gasteiger partial charge in [-0.25, -0.2) is 9.97 Å². The molecular formula is C24H23Cl2N5O. The number of halogens is 2. The van der Waals surface area contributed by atoms with Crippen LogP contribution in [0.4, 0.5) is 0 Å². The molecule has 2 heterocycles. The Morgan fingerprint density at radius 2 is 1.84 bits per heavy atom. The molecule has 0 saturated carbocycles. The number of aromatic nitrogens is 4. The summed E-state index contributed by atoms with van der Waals surface area (Å²) in [5.74, 6) is 0.172. The van der Waals surface area contributed by atoms with Gasteiger partial charge in [-0.3, -0.25) is 9.48 Å². The van der Waals surface area contributed by atoms with Crippen LogP contribution in [-0.2, 0) is 13.1 Å². The third kappa shape index (κ3) is 4.08. The van der Waals surface area contributed by atoms with Gasteiger partial charge in [0.15, 0.2) is 5.82 Å². The first kappa shape index (κ1) is 22.2. The molecule has 0 aliphatic carbocycles. The van der Waals surface area contributed by atoms with E-state index in [0.717, 1.165) is 23.4 Å². The van der Waals surface area contributed by atoms with Gasteiger partial charge in [0.2, 0.25) is 0 Å². The second kappa shape index (κ2) is 8.88. The van der Waals surface area contributed by atoms with Crippen molar-refractivity contribution in [1.29, 1.82) is 0 Å². The van der Waals surface area contributed by atoms with Gasteiger partial charge in [0.05, 0.1) is 16.7 Å². The summed E-state index contributed by atoms with van der Waals surface area (Å²) in [4.78, 5) is 24.5. The molecule has 0 aliphatic heterocycles. The van der Waals surface area contributed by atoms with Crippen molar-refractivity contribution in [2.45, 2.75) is 33.9 Å². The minimum Gasteiger partial charge on any atom is -0.336 e. The Bertz CT molecular complexity index is 1330. The Morgan fingerprint density at radius 1 is 1.09 bits per heavy atom. The van der Waals surface area contributed by atoms with E-state index in [2.05, 4.69) is 15.1 Å². The molecule has 2 aromatic heterocycles. The lowest BCUT2D eigenvalue weighted by atomic mass is 10.1. The zero-order valence-electron chi connectivity index (χ0n) is 18.4. The predicted octanol–water partition coefficient (Wildman–Crippen LogP) is 5.71. The molecular weight excluding hydrogens is 445 g/mol. The van der Waals surface area contributed by atoms with Crippen LogP contribution in [0.2, 0.25) is 10.0 Å². The number of amides is 1. The number of rotatable bonds is 5. The fourth-order valence-corrected chi connectivity index (χ4v) is 4.03. The molecule has 6 nitrogen and oxygen atoms in total. The van der Waals surface area contributed by atoms with Gasteiger partial charge < -0.3 is 4.90 Å². The van der Waals surface area contributed by atoms with Crippen LogP contribution in [-0.4, -0.2) is 37.6 Å². The maximum absolute atomic E-state index is 13.5. The molecule has 0 spiro atoms. The minimum atomic E-state index is -0.228. The topological polar surface area (TPSA) is 63.9 Å². The first-order chi connectivity index (χ1) is 15.3. The van der Waals surface area contributed by atoms with E-state index >= 15 is 0 Å². The van der Waals surface area contributed by atoms with E-state index in [1.807, 2.05) is 49.7 Å². The summed E-state index contributed by atoms with van der Waals surface area (Å²) in [7, 11) is 1.75. The number of aryl methyl sites for hydroxylation is 2. The molecule has 0 N–H and O–H groups in total. The van der Waals surface area contributed by atoms with Crippen LogP contribution in [0.25, 0.3) is 22.3 Å². The molecule has 2 aromatic carbocycles. The molecule has 164 valence electrons. The highest BCUT2D eigenvalue weighted by Gasteiger charge is 2.22. The largest absolute Gasteiger partial charge is 0.336 e. The van der Waals surface area contributed by atoms with Gasteiger partial charge in [-0.2, -0.15) is 5.10 Å². The van der Waals surface area contributed by atoms with Gasteiger partial charge in [0, 0.05) is 47.4 Å². The summed E-state index contributed by atoms with van der Waals surface area (Å²) in [6.07, 6.45) is 1.80. The normalized spacial score (nSPS) is 11.2. The van der Waals surface area contributed by atoms with E-state index in [-0.39, 0.29) is 11.6 Å². The van der Waals surface area contributed by atoms with E-state index < -0.39 is 0 Å². The molecule has 32 heavy (non-hydrogen) atoms. The molecule has 0 fully saturated rings. The Kier molecular flexibility index (Phi) is 6.17. The Hall–Kier alpha value is -2.96. The van der Waals surface area contributed by atoms with E-state index in [4.69, 9.17) is 23.2 Å². The minimum absolute atomic E-state index is 0.228. The third-order valence-corrected chi connectivity index (χ3v) is 6.29. The van der Waals surface area contributed by atoms with Gasteiger partial charge in [0.1, 0.15) is 5.69 Å². The lowest BCUT2D eigenvalue weighted by molar-refractivity contribution is 0.0781. The summed E-state index contributed by atoms with van der Waals surface area (Å²) in [5, 5.41) is 6.06. The number of carbonyl (C=O) groups is 1. The number of fused-ring (bicyclic) bond motifs is 1. The van der Waals surface area contributed by atoms with Crippen molar-refractivity contribution in [3.05, 3.63) is 75.2 Å². The van der Waals surface area contributed by atoms with Crippen molar-refractivity contribution in [3.63, 3.8) is 0 Å². The van der Waals surface area contributed by atoms with Crippen molar-refractivity contribution in [3.8, 4) is 11.4 Å². The second-order valence-electron chi connectivity index (χ2n) is 7.73. The highest BCUT2D eigenvalue weighted by atomic mass is 35.5. The standard InChI is InChI=1S/C24H23Cl2N5O/c1-5-31-15(3)16(12-27-31)13-30(4)24(32)22-18-11-20(26)14(2)10-21(18)28-23(29-22)17-8-6-7-9-19(17)25/h6-12H,5,13H2,1-4H3. The van der Waals surface area contributed by atoms with Crippen LogP contribution < -0.4 is 0 Å². The highest BCUT2D eigenvalue weighted by Crippen LogP contribution is 2.30. The van der Waals surface area contributed by atoms with Crippen molar-refractivity contribution in [2.75, 3.05) is 7.05 Å². The Balaban J connectivity index is 1.82. The molecule has 0 bridgehead atoms. The van der Waals surface area contributed by atoms with Gasteiger partial charge in [-0.1, -0.05) is 35.3 Å². The van der Waals surface area contributed by atoms with Crippen LogP contribution in [0, 0.1) is 13.8 Å². The molecule has 4 rings (SSSR count). The van der Waals surface area contributed by atoms with Crippen LogP contribution in [0.1, 0.15) is 34.2 Å². The van der Waals surface area contributed by atoms with E-state index in [9.17, 15) is 4.79 Å². The summed E-state index contributed by atoms with van der Waals surface area (Å²) in [6.45, 7) is 7.13. The predicted molar refractivity (Wildman–Crippen MR) is 128 cm³/mol. The maximum Gasteiger partial charge on any atom is 0.273 e. The van der Waals surface area contributed by atoms with Gasteiger partial charge >= 0.3 is 0 Å². The number of carbonyl (C=O) groups excluding carboxylic acids is 1. The van der Waals surface area contributed by atoms with Crippen LogP contribution in [0.3, 0.4) is 0 Å². The second-order valence-corrected chi connectivity index (χ2v) is 8.54. The first-order valence-corrected chi connectivity index (χ1v) is 11.0. The Labute approximate surface area is 196 Å². The number of hydrogen-bond donors (Lipinski definition) is 0.